The van der Waals surface area contributed by atoms with Crippen LogP contribution < -0.4 is 5.32 Å². The first-order chi connectivity index (χ1) is 7.45. The zero-order chi connectivity index (χ0) is 12.3. The van der Waals surface area contributed by atoms with Gasteiger partial charge >= 0.3 is 0 Å². The lowest BCUT2D eigenvalue weighted by Gasteiger charge is -2.11. The van der Waals surface area contributed by atoms with Crippen molar-refractivity contribution in [1.82, 2.24) is 5.32 Å². The predicted octanol–water partition coefficient (Wildman–Crippen LogP) is 1.38. The number of hydrogen-bond acceptors (Lipinski definition) is 2. The minimum absolute atomic E-state index is 0.197. The Bertz CT molecular complexity index is 407. The van der Waals surface area contributed by atoms with Crippen LogP contribution in [0.5, 0.6) is 0 Å². The Labute approximate surface area is 92.1 Å². The Kier molecular flexibility index (Phi) is 3.95. The molecule has 0 heterocycles. The average Bonchev–Trinajstić information content (AvgIpc) is 2.23. The maximum absolute atomic E-state index is 13.3. The standard InChI is InChI=1S/C11H13F2NO2/c1-6-3-8(10(13)4-9(6)12)11(16)14-7(2)5-15/h3-4,7,15H,5H2,1-2H3,(H,14,16)/t7-/m0/s1. The second kappa shape index (κ2) is 5.03. The summed E-state index contributed by atoms with van der Waals surface area (Å²) in [6.45, 7) is 2.78. The monoisotopic (exact) mass is 229 g/mol. The molecule has 0 spiro atoms. The van der Waals surface area contributed by atoms with Crippen LogP contribution in [0.2, 0.25) is 0 Å². The quantitative estimate of drug-likeness (QED) is 0.822. The average molecular weight is 229 g/mol. The molecule has 88 valence electrons. The number of aliphatic hydroxyl groups excluding tert-OH is 1. The van der Waals surface area contributed by atoms with E-state index in [4.69, 9.17) is 5.11 Å². The van der Waals surface area contributed by atoms with Crippen LogP contribution in [0, 0.1) is 18.6 Å². The summed E-state index contributed by atoms with van der Waals surface area (Å²) in [4.78, 5) is 11.5. The molecule has 0 aliphatic heterocycles. The Morgan fingerprint density at radius 3 is 2.62 bits per heavy atom. The molecule has 2 N–H and O–H groups in total. The van der Waals surface area contributed by atoms with E-state index in [1.807, 2.05) is 0 Å². The van der Waals surface area contributed by atoms with Crippen molar-refractivity contribution in [3.8, 4) is 0 Å². The summed E-state index contributed by atoms with van der Waals surface area (Å²) in [6.07, 6.45) is 0. The van der Waals surface area contributed by atoms with Gasteiger partial charge in [-0.05, 0) is 25.5 Å². The number of aliphatic hydroxyl groups is 1. The van der Waals surface area contributed by atoms with Gasteiger partial charge in [-0.1, -0.05) is 0 Å². The maximum atomic E-state index is 13.3. The van der Waals surface area contributed by atoms with Crippen molar-refractivity contribution in [3.05, 3.63) is 34.9 Å². The van der Waals surface area contributed by atoms with Gasteiger partial charge in [0.15, 0.2) is 0 Å². The van der Waals surface area contributed by atoms with E-state index in [1.54, 1.807) is 6.92 Å². The van der Waals surface area contributed by atoms with E-state index >= 15 is 0 Å². The van der Waals surface area contributed by atoms with Crippen LogP contribution in [0.1, 0.15) is 22.8 Å². The first-order valence-electron chi connectivity index (χ1n) is 4.83. The Morgan fingerprint density at radius 1 is 1.44 bits per heavy atom. The molecule has 0 aliphatic carbocycles. The molecule has 1 atom stereocenters. The largest absolute Gasteiger partial charge is 0.394 e. The van der Waals surface area contributed by atoms with Gasteiger partial charge in [0.25, 0.3) is 5.91 Å². The minimum atomic E-state index is -0.911. The predicted molar refractivity (Wildman–Crippen MR) is 55.1 cm³/mol. The molecule has 1 aromatic rings. The van der Waals surface area contributed by atoms with Crippen LogP contribution in [0.25, 0.3) is 0 Å². The van der Waals surface area contributed by atoms with Gasteiger partial charge in [0.2, 0.25) is 0 Å². The van der Waals surface area contributed by atoms with E-state index in [-0.39, 0.29) is 17.7 Å². The third kappa shape index (κ3) is 2.76. The summed E-state index contributed by atoms with van der Waals surface area (Å²) >= 11 is 0. The molecule has 0 saturated carbocycles. The summed E-state index contributed by atoms with van der Waals surface area (Å²) in [5, 5.41) is 11.1. The fraction of sp³-hybridized carbons (Fsp3) is 0.364. The summed E-state index contributed by atoms with van der Waals surface area (Å²) in [5.74, 6) is -2.27. The van der Waals surface area contributed by atoms with E-state index in [0.29, 0.717) is 6.07 Å². The zero-order valence-corrected chi connectivity index (χ0v) is 9.05. The Hall–Kier alpha value is -1.49. The van der Waals surface area contributed by atoms with Gasteiger partial charge in [-0.15, -0.1) is 0 Å². The summed E-state index contributed by atoms with van der Waals surface area (Å²) in [6, 6.07) is 1.34. The Morgan fingerprint density at radius 2 is 2.06 bits per heavy atom. The van der Waals surface area contributed by atoms with Crippen molar-refractivity contribution < 1.29 is 18.7 Å². The molecule has 1 aromatic carbocycles. The van der Waals surface area contributed by atoms with Gasteiger partial charge in [0.05, 0.1) is 12.2 Å². The first kappa shape index (κ1) is 12.6. The molecule has 3 nitrogen and oxygen atoms in total. The first-order valence-corrected chi connectivity index (χ1v) is 4.83. The van der Waals surface area contributed by atoms with Crippen molar-refractivity contribution >= 4 is 5.91 Å². The summed E-state index contributed by atoms with van der Waals surface area (Å²) < 4.78 is 26.2. The highest BCUT2D eigenvalue weighted by molar-refractivity contribution is 5.94. The van der Waals surface area contributed by atoms with Gasteiger partial charge in [0.1, 0.15) is 11.6 Å². The lowest BCUT2D eigenvalue weighted by Crippen LogP contribution is -2.35. The summed E-state index contributed by atoms with van der Waals surface area (Å²) in [7, 11) is 0. The van der Waals surface area contributed by atoms with Crippen molar-refractivity contribution in [2.45, 2.75) is 19.9 Å². The number of nitrogens with one attached hydrogen (secondary N) is 1. The molecule has 1 rings (SSSR count). The van der Waals surface area contributed by atoms with Crippen molar-refractivity contribution in [2.24, 2.45) is 0 Å². The highest BCUT2D eigenvalue weighted by Crippen LogP contribution is 2.14. The minimum Gasteiger partial charge on any atom is -0.394 e. The second-order valence-corrected chi connectivity index (χ2v) is 3.64. The van der Waals surface area contributed by atoms with E-state index < -0.39 is 23.6 Å². The van der Waals surface area contributed by atoms with E-state index in [1.165, 1.54) is 6.92 Å². The van der Waals surface area contributed by atoms with Crippen molar-refractivity contribution in [1.29, 1.82) is 0 Å². The molecule has 0 unspecified atom stereocenters. The van der Waals surface area contributed by atoms with Crippen molar-refractivity contribution in [3.63, 3.8) is 0 Å². The van der Waals surface area contributed by atoms with Gasteiger partial charge in [-0.2, -0.15) is 0 Å². The third-order valence-electron chi connectivity index (χ3n) is 2.14. The topological polar surface area (TPSA) is 49.3 Å². The molecule has 16 heavy (non-hydrogen) atoms. The number of halogens is 2. The number of rotatable bonds is 3. The molecule has 0 saturated heterocycles. The third-order valence-corrected chi connectivity index (χ3v) is 2.14. The van der Waals surface area contributed by atoms with E-state index in [0.717, 1.165) is 6.07 Å². The van der Waals surface area contributed by atoms with Crippen LogP contribution in [-0.2, 0) is 0 Å². The van der Waals surface area contributed by atoms with Gasteiger partial charge in [0, 0.05) is 12.1 Å². The molecule has 0 bridgehead atoms. The van der Waals surface area contributed by atoms with Gasteiger partial charge in [-0.3, -0.25) is 4.79 Å². The lowest BCUT2D eigenvalue weighted by molar-refractivity contribution is 0.0918. The molecule has 0 aromatic heterocycles. The molecular weight excluding hydrogens is 216 g/mol. The van der Waals surface area contributed by atoms with E-state index in [2.05, 4.69) is 5.32 Å². The normalized spacial score (nSPS) is 12.3. The molecule has 0 fully saturated rings. The lowest BCUT2D eigenvalue weighted by atomic mass is 10.1. The SMILES string of the molecule is Cc1cc(C(=O)N[C@@H](C)CO)c(F)cc1F. The number of hydrogen-bond donors (Lipinski definition) is 2. The van der Waals surface area contributed by atoms with Crippen LogP contribution in [0.15, 0.2) is 12.1 Å². The number of amides is 1. The van der Waals surface area contributed by atoms with E-state index in [9.17, 15) is 13.6 Å². The van der Waals surface area contributed by atoms with Crippen LogP contribution in [0.4, 0.5) is 8.78 Å². The summed E-state index contributed by atoms with van der Waals surface area (Å²) in [5.41, 5.74) is -0.0256. The molecule has 1 amide bonds. The fourth-order valence-electron chi connectivity index (χ4n) is 1.18. The smallest absolute Gasteiger partial charge is 0.254 e. The van der Waals surface area contributed by atoms with Gasteiger partial charge < -0.3 is 10.4 Å². The molecular formula is C11H13F2NO2. The number of carbonyl (C=O) groups excluding carboxylic acids is 1. The second-order valence-electron chi connectivity index (χ2n) is 3.64. The highest BCUT2D eigenvalue weighted by atomic mass is 19.1. The van der Waals surface area contributed by atoms with Crippen LogP contribution >= 0.6 is 0 Å². The van der Waals surface area contributed by atoms with Crippen molar-refractivity contribution in [2.75, 3.05) is 6.61 Å². The number of aryl methyl sites for hydroxylation is 1. The zero-order valence-electron chi connectivity index (χ0n) is 9.05. The Balaban J connectivity index is 2.96. The fourth-order valence-corrected chi connectivity index (χ4v) is 1.18. The highest BCUT2D eigenvalue weighted by Gasteiger charge is 2.15. The van der Waals surface area contributed by atoms with Crippen LogP contribution in [0.3, 0.4) is 0 Å². The van der Waals surface area contributed by atoms with Gasteiger partial charge in [-0.25, -0.2) is 8.78 Å². The molecule has 5 heteroatoms. The number of carbonyl (C=O) groups is 1. The molecule has 0 radical (unpaired) electrons. The number of benzene rings is 1. The molecule has 0 aliphatic rings. The van der Waals surface area contributed by atoms with Crippen LogP contribution in [-0.4, -0.2) is 23.7 Å². The maximum Gasteiger partial charge on any atom is 0.254 e.